The summed E-state index contributed by atoms with van der Waals surface area (Å²) in [7, 11) is 0. The molecule has 0 radical (unpaired) electrons. The van der Waals surface area contributed by atoms with Gasteiger partial charge in [0.25, 0.3) is 11.6 Å². The predicted octanol–water partition coefficient (Wildman–Crippen LogP) is 2.75. The Bertz CT molecular complexity index is 544. The summed E-state index contributed by atoms with van der Waals surface area (Å²) in [6.07, 6.45) is 0.942. The molecule has 0 saturated carbocycles. The maximum absolute atomic E-state index is 12.5. The number of benzene rings is 1. The first-order chi connectivity index (χ1) is 10.0. The fourth-order valence-corrected chi connectivity index (χ4v) is 2.61. The molecule has 1 aliphatic heterocycles. The summed E-state index contributed by atoms with van der Waals surface area (Å²) in [5.41, 5.74) is 0.173. The second kappa shape index (κ2) is 6.87. The van der Waals surface area contributed by atoms with Crippen molar-refractivity contribution in [3.63, 3.8) is 0 Å². The highest BCUT2D eigenvalue weighted by Gasteiger charge is 2.24. The minimum Gasteiger partial charge on any atom is -0.381 e. The maximum atomic E-state index is 12.5. The van der Waals surface area contributed by atoms with Crippen LogP contribution in [-0.2, 0) is 4.74 Å². The maximum Gasteiger partial charge on any atom is 0.270 e. The Labute approximate surface area is 127 Å². The van der Waals surface area contributed by atoms with Gasteiger partial charge in [-0.05, 0) is 19.4 Å². The predicted molar refractivity (Wildman–Crippen MR) is 78.6 cm³/mol. The second-order valence-corrected chi connectivity index (χ2v) is 5.40. The van der Waals surface area contributed by atoms with E-state index in [4.69, 9.17) is 16.3 Å². The number of nitro groups is 1. The lowest BCUT2D eigenvalue weighted by atomic mass is 10.1. The van der Waals surface area contributed by atoms with Crippen molar-refractivity contribution in [3.05, 3.63) is 38.9 Å². The third-order valence-corrected chi connectivity index (χ3v) is 3.88. The van der Waals surface area contributed by atoms with Gasteiger partial charge in [-0.3, -0.25) is 14.9 Å². The minimum absolute atomic E-state index is 0.107. The molecule has 6 nitrogen and oxygen atoms in total. The second-order valence-electron chi connectivity index (χ2n) is 4.99. The summed E-state index contributed by atoms with van der Waals surface area (Å²) in [6.45, 7) is 4.46. The number of rotatable bonds is 5. The number of nitrogens with zero attached hydrogens (tertiary/aromatic N) is 2. The van der Waals surface area contributed by atoms with E-state index in [-0.39, 0.29) is 16.6 Å². The Morgan fingerprint density at radius 2 is 2.33 bits per heavy atom. The molecule has 1 heterocycles. The average molecular weight is 313 g/mol. The molecule has 1 aromatic rings. The smallest absolute Gasteiger partial charge is 0.270 e. The van der Waals surface area contributed by atoms with E-state index in [1.54, 1.807) is 4.90 Å². The molecular weight excluding hydrogens is 296 g/mol. The standard InChI is InChI=1S/C14H17ClN2O4/c1-2-16(8-10-5-6-21-9-10)14(18)12-4-3-11(17(19)20)7-13(12)15/h3-4,7,10H,2,5-6,8-9H2,1H3. The highest BCUT2D eigenvalue weighted by molar-refractivity contribution is 6.34. The number of amides is 1. The van der Waals surface area contributed by atoms with Crippen LogP contribution in [-0.4, -0.2) is 42.0 Å². The molecule has 1 amide bonds. The van der Waals surface area contributed by atoms with Gasteiger partial charge in [0.15, 0.2) is 0 Å². The van der Waals surface area contributed by atoms with Gasteiger partial charge in [-0.2, -0.15) is 0 Å². The first kappa shape index (κ1) is 15.7. The molecule has 0 aliphatic carbocycles. The topological polar surface area (TPSA) is 72.7 Å². The summed E-state index contributed by atoms with van der Waals surface area (Å²) >= 11 is 6.01. The van der Waals surface area contributed by atoms with Crippen LogP contribution in [0.4, 0.5) is 5.69 Å². The van der Waals surface area contributed by atoms with Gasteiger partial charge in [0, 0.05) is 37.7 Å². The summed E-state index contributed by atoms with van der Waals surface area (Å²) in [5.74, 6) is 0.134. The molecule has 1 unspecified atom stereocenters. The van der Waals surface area contributed by atoms with E-state index in [0.717, 1.165) is 13.0 Å². The Morgan fingerprint density at radius 1 is 1.57 bits per heavy atom. The van der Waals surface area contributed by atoms with E-state index in [1.165, 1.54) is 18.2 Å². The van der Waals surface area contributed by atoms with Gasteiger partial charge >= 0.3 is 0 Å². The van der Waals surface area contributed by atoms with Crippen LogP contribution >= 0.6 is 11.6 Å². The average Bonchev–Trinajstić information content (AvgIpc) is 2.96. The van der Waals surface area contributed by atoms with Crippen molar-refractivity contribution in [3.8, 4) is 0 Å². The highest BCUT2D eigenvalue weighted by atomic mass is 35.5. The minimum atomic E-state index is -0.534. The molecule has 0 bridgehead atoms. The highest BCUT2D eigenvalue weighted by Crippen LogP contribution is 2.24. The number of carbonyl (C=O) groups excluding carboxylic acids is 1. The van der Waals surface area contributed by atoms with E-state index < -0.39 is 4.92 Å². The SMILES string of the molecule is CCN(CC1CCOC1)C(=O)c1ccc([N+](=O)[O-])cc1Cl. The molecule has 0 aromatic heterocycles. The van der Waals surface area contributed by atoms with Crippen molar-refractivity contribution in [2.75, 3.05) is 26.3 Å². The van der Waals surface area contributed by atoms with Gasteiger partial charge in [0.05, 0.1) is 22.1 Å². The van der Waals surface area contributed by atoms with Crippen LogP contribution in [0.25, 0.3) is 0 Å². The molecule has 7 heteroatoms. The first-order valence-corrected chi connectivity index (χ1v) is 7.21. The quantitative estimate of drug-likeness (QED) is 0.619. The fourth-order valence-electron chi connectivity index (χ4n) is 2.36. The van der Waals surface area contributed by atoms with Crippen molar-refractivity contribution in [2.24, 2.45) is 5.92 Å². The van der Waals surface area contributed by atoms with E-state index in [1.807, 2.05) is 6.92 Å². The molecule has 0 N–H and O–H groups in total. The zero-order valence-corrected chi connectivity index (χ0v) is 12.5. The number of nitro benzene ring substituents is 1. The molecule has 1 aromatic carbocycles. The van der Waals surface area contributed by atoms with Crippen molar-refractivity contribution in [1.29, 1.82) is 0 Å². The van der Waals surface area contributed by atoms with Gasteiger partial charge in [-0.25, -0.2) is 0 Å². The summed E-state index contributed by atoms with van der Waals surface area (Å²) < 4.78 is 5.31. The number of hydrogen-bond donors (Lipinski definition) is 0. The van der Waals surface area contributed by atoms with Crippen LogP contribution in [0.2, 0.25) is 5.02 Å². The lowest BCUT2D eigenvalue weighted by molar-refractivity contribution is -0.384. The monoisotopic (exact) mass is 312 g/mol. The molecule has 1 fully saturated rings. The molecule has 1 atom stereocenters. The number of ether oxygens (including phenoxy) is 1. The Kier molecular flexibility index (Phi) is 5.14. The normalized spacial score (nSPS) is 17.7. The van der Waals surface area contributed by atoms with Crippen LogP contribution in [0.3, 0.4) is 0 Å². The molecular formula is C14H17ClN2O4. The summed E-state index contributed by atoms with van der Waals surface area (Å²) in [6, 6.07) is 3.92. The van der Waals surface area contributed by atoms with Crippen LogP contribution in [0, 0.1) is 16.0 Å². The van der Waals surface area contributed by atoms with Crippen molar-refractivity contribution in [2.45, 2.75) is 13.3 Å². The summed E-state index contributed by atoms with van der Waals surface area (Å²) in [5, 5.41) is 10.8. The van der Waals surface area contributed by atoms with E-state index in [0.29, 0.717) is 31.2 Å². The van der Waals surface area contributed by atoms with Crippen molar-refractivity contribution in [1.82, 2.24) is 4.90 Å². The third-order valence-electron chi connectivity index (χ3n) is 3.57. The van der Waals surface area contributed by atoms with Crippen LogP contribution in [0.5, 0.6) is 0 Å². The van der Waals surface area contributed by atoms with Crippen molar-refractivity contribution >= 4 is 23.2 Å². The van der Waals surface area contributed by atoms with Gasteiger partial charge in [-0.15, -0.1) is 0 Å². The Hall–Kier alpha value is -1.66. The zero-order chi connectivity index (χ0) is 15.4. The van der Waals surface area contributed by atoms with Crippen LogP contribution in [0.1, 0.15) is 23.7 Å². The lowest BCUT2D eigenvalue weighted by Gasteiger charge is -2.24. The van der Waals surface area contributed by atoms with Gasteiger partial charge in [0.2, 0.25) is 0 Å². The van der Waals surface area contributed by atoms with Gasteiger partial charge in [-0.1, -0.05) is 11.6 Å². The fraction of sp³-hybridized carbons (Fsp3) is 0.500. The molecule has 0 spiro atoms. The van der Waals surface area contributed by atoms with Gasteiger partial charge in [0.1, 0.15) is 0 Å². The molecule has 21 heavy (non-hydrogen) atoms. The molecule has 114 valence electrons. The largest absolute Gasteiger partial charge is 0.381 e. The first-order valence-electron chi connectivity index (χ1n) is 6.84. The zero-order valence-electron chi connectivity index (χ0n) is 11.8. The third kappa shape index (κ3) is 3.71. The Morgan fingerprint density at radius 3 is 2.86 bits per heavy atom. The lowest BCUT2D eigenvalue weighted by Crippen LogP contribution is -2.35. The number of hydrogen-bond acceptors (Lipinski definition) is 4. The Balaban J connectivity index is 2.14. The number of carbonyl (C=O) groups is 1. The van der Waals surface area contributed by atoms with Gasteiger partial charge < -0.3 is 9.64 Å². The van der Waals surface area contributed by atoms with E-state index in [2.05, 4.69) is 0 Å². The van der Waals surface area contributed by atoms with E-state index in [9.17, 15) is 14.9 Å². The van der Waals surface area contributed by atoms with Crippen LogP contribution < -0.4 is 0 Å². The number of non-ortho nitro benzene ring substituents is 1. The number of halogens is 1. The van der Waals surface area contributed by atoms with Crippen LogP contribution in [0.15, 0.2) is 18.2 Å². The molecule has 1 aliphatic rings. The summed E-state index contributed by atoms with van der Waals surface area (Å²) in [4.78, 5) is 24.4. The van der Waals surface area contributed by atoms with Crippen molar-refractivity contribution < 1.29 is 14.5 Å². The molecule has 2 rings (SSSR count). The van der Waals surface area contributed by atoms with E-state index >= 15 is 0 Å². The molecule has 1 saturated heterocycles.